The van der Waals surface area contributed by atoms with Crippen LogP contribution in [0.2, 0.25) is 0 Å². The van der Waals surface area contributed by atoms with Crippen LogP contribution in [-0.4, -0.2) is 18.0 Å². The van der Waals surface area contributed by atoms with E-state index in [9.17, 15) is 14.0 Å². The second kappa shape index (κ2) is 6.08. The Balaban J connectivity index is 1.91. The first kappa shape index (κ1) is 15.0. The minimum Gasteiger partial charge on any atom is -0.324 e. The second-order valence-electron chi connectivity index (χ2n) is 5.43. The summed E-state index contributed by atoms with van der Waals surface area (Å²) in [5.74, 6) is -0.506. The number of amides is 3. The number of fused-ring (bicyclic) bond motifs is 1. The fourth-order valence-corrected chi connectivity index (χ4v) is 2.61. The molecule has 1 aliphatic rings. The van der Waals surface area contributed by atoms with E-state index < -0.39 is 0 Å². The number of para-hydroxylation sites is 2. The van der Waals surface area contributed by atoms with Gasteiger partial charge in [-0.1, -0.05) is 12.1 Å². The molecule has 5 nitrogen and oxygen atoms in total. The summed E-state index contributed by atoms with van der Waals surface area (Å²) < 4.78 is 13.0. The molecule has 2 aromatic rings. The van der Waals surface area contributed by atoms with E-state index >= 15 is 0 Å². The molecule has 6 heteroatoms. The van der Waals surface area contributed by atoms with Crippen molar-refractivity contribution in [3.63, 3.8) is 0 Å². The molecule has 0 fully saturated rings. The first-order valence-electron chi connectivity index (χ1n) is 7.29. The highest BCUT2D eigenvalue weighted by Gasteiger charge is 2.29. The maximum atomic E-state index is 13.0. The second-order valence-corrected chi connectivity index (χ2v) is 5.43. The molecule has 0 saturated carbocycles. The van der Waals surface area contributed by atoms with Crippen LogP contribution in [0.4, 0.5) is 26.2 Å². The zero-order chi connectivity index (χ0) is 16.4. The molecule has 3 amide bonds. The first-order chi connectivity index (χ1) is 11.0. The van der Waals surface area contributed by atoms with Crippen LogP contribution in [0.1, 0.15) is 13.3 Å². The molecular weight excluding hydrogens is 297 g/mol. The molecule has 1 atom stereocenters. The van der Waals surface area contributed by atoms with Crippen molar-refractivity contribution < 1.29 is 14.0 Å². The fraction of sp³-hybridized carbons (Fsp3) is 0.176. The third-order valence-corrected chi connectivity index (χ3v) is 3.67. The standard InChI is InChI=1S/C17H16FN3O2/c1-11-10-16(22)20-14-4-2-3-5-15(14)21(11)17(23)19-13-8-6-12(18)7-9-13/h2-9,11H,10H2,1H3,(H,19,23)(H,20,22)/t11-/m0/s1. The molecule has 1 aliphatic heterocycles. The van der Waals surface area contributed by atoms with Gasteiger partial charge in [0.15, 0.2) is 0 Å². The van der Waals surface area contributed by atoms with Gasteiger partial charge in [0.05, 0.1) is 11.4 Å². The van der Waals surface area contributed by atoms with E-state index in [4.69, 9.17) is 0 Å². The van der Waals surface area contributed by atoms with Gasteiger partial charge in [0, 0.05) is 18.2 Å². The lowest BCUT2D eigenvalue weighted by Gasteiger charge is -2.27. The molecule has 0 saturated heterocycles. The van der Waals surface area contributed by atoms with E-state index in [0.717, 1.165) is 0 Å². The summed E-state index contributed by atoms with van der Waals surface area (Å²) in [6.45, 7) is 1.81. The van der Waals surface area contributed by atoms with Crippen LogP contribution >= 0.6 is 0 Å². The summed E-state index contributed by atoms with van der Waals surface area (Å²) in [4.78, 5) is 26.1. The summed E-state index contributed by atoms with van der Waals surface area (Å²) >= 11 is 0. The number of hydrogen-bond donors (Lipinski definition) is 2. The number of rotatable bonds is 1. The molecule has 0 bridgehead atoms. The highest BCUT2D eigenvalue weighted by molar-refractivity contribution is 6.08. The Hall–Kier alpha value is -2.89. The van der Waals surface area contributed by atoms with Gasteiger partial charge in [0.25, 0.3) is 0 Å². The Morgan fingerprint density at radius 3 is 2.65 bits per heavy atom. The Kier molecular flexibility index (Phi) is 3.97. The molecule has 0 unspecified atom stereocenters. The van der Waals surface area contributed by atoms with Crippen LogP contribution in [0.25, 0.3) is 0 Å². The molecular formula is C17H16FN3O2. The van der Waals surface area contributed by atoms with Gasteiger partial charge in [-0.25, -0.2) is 9.18 Å². The Morgan fingerprint density at radius 2 is 1.91 bits per heavy atom. The van der Waals surface area contributed by atoms with Crippen molar-refractivity contribution in [2.75, 3.05) is 15.5 Å². The number of nitrogens with one attached hydrogen (secondary N) is 2. The van der Waals surface area contributed by atoms with Crippen molar-refractivity contribution in [3.8, 4) is 0 Å². The van der Waals surface area contributed by atoms with E-state index in [0.29, 0.717) is 17.1 Å². The van der Waals surface area contributed by atoms with Crippen molar-refractivity contribution >= 4 is 29.0 Å². The average molecular weight is 313 g/mol. The Morgan fingerprint density at radius 1 is 1.22 bits per heavy atom. The van der Waals surface area contributed by atoms with Crippen molar-refractivity contribution in [1.29, 1.82) is 0 Å². The van der Waals surface area contributed by atoms with Gasteiger partial charge in [0.1, 0.15) is 5.82 Å². The maximum Gasteiger partial charge on any atom is 0.326 e. The van der Waals surface area contributed by atoms with Crippen LogP contribution in [0, 0.1) is 5.82 Å². The van der Waals surface area contributed by atoms with Crippen LogP contribution < -0.4 is 15.5 Å². The summed E-state index contributed by atoms with van der Waals surface area (Å²) in [5, 5.41) is 5.53. The predicted octanol–water partition coefficient (Wildman–Crippen LogP) is 3.59. The SMILES string of the molecule is C[C@H]1CC(=O)Nc2ccccc2N1C(=O)Nc1ccc(F)cc1. The maximum absolute atomic E-state index is 13.0. The molecule has 0 radical (unpaired) electrons. The quantitative estimate of drug-likeness (QED) is 0.845. The van der Waals surface area contributed by atoms with E-state index in [1.807, 2.05) is 6.92 Å². The summed E-state index contributed by atoms with van der Waals surface area (Å²) in [6, 6.07) is 12.0. The van der Waals surface area contributed by atoms with Gasteiger partial charge in [-0.15, -0.1) is 0 Å². The van der Waals surface area contributed by atoms with Crippen molar-refractivity contribution in [2.45, 2.75) is 19.4 Å². The lowest BCUT2D eigenvalue weighted by atomic mass is 10.2. The van der Waals surface area contributed by atoms with Gasteiger partial charge in [-0.2, -0.15) is 0 Å². The van der Waals surface area contributed by atoms with E-state index in [1.165, 1.54) is 29.2 Å². The van der Waals surface area contributed by atoms with Crippen molar-refractivity contribution in [1.82, 2.24) is 0 Å². The highest BCUT2D eigenvalue weighted by atomic mass is 19.1. The third kappa shape index (κ3) is 3.15. The number of carbonyl (C=O) groups is 2. The van der Waals surface area contributed by atoms with Gasteiger partial charge < -0.3 is 10.6 Å². The van der Waals surface area contributed by atoms with Gasteiger partial charge in [0.2, 0.25) is 5.91 Å². The van der Waals surface area contributed by atoms with Gasteiger partial charge >= 0.3 is 6.03 Å². The molecule has 118 valence electrons. The van der Waals surface area contributed by atoms with E-state index in [1.54, 1.807) is 24.3 Å². The number of halogens is 1. The van der Waals surface area contributed by atoms with Crippen molar-refractivity contribution in [2.24, 2.45) is 0 Å². The number of benzene rings is 2. The molecule has 23 heavy (non-hydrogen) atoms. The molecule has 2 N–H and O–H groups in total. The number of carbonyl (C=O) groups excluding carboxylic acids is 2. The van der Waals surface area contributed by atoms with E-state index in [2.05, 4.69) is 10.6 Å². The summed E-state index contributed by atoms with van der Waals surface area (Å²) in [5.41, 5.74) is 1.71. The van der Waals surface area contributed by atoms with Crippen LogP contribution in [0.15, 0.2) is 48.5 Å². The monoisotopic (exact) mass is 313 g/mol. The van der Waals surface area contributed by atoms with Gasteiger partial charge in [-0.3, -0.25) is 9.69 Å². The highest BCUT2D eigenvalue weighted by Crippen LogP contribution is 2.31. The molecule has 1 heterocycles. The van der Waals surface area contributed by atoms with E-state index in [-0.39, 0.29) is 30.2 Å². The molecule has 0 aromatic heterocycles. The fourth-order valence-electron chi connectivity index (χ4n) is 2.61. The number of hydrogen-bond acceptors (Lipinski definition) is 2. The minimum atomic E-state index is -0.369. The summed E-state index contributed by atoms with van der Waals surface area (Å²) in [7, 11) is 0. The Labute approximate surface area is 133 Å². The molecule has 0 aliphatic carbocycles. The number of urea groups is 1. The van der Waals surface area contributed by atoms with Crippen LogP contribution in [0.5, 0.6) is 0 Å². The molecule has 2 aromatic carbocycles. The third-order valence-electron chi connectivity index (χ3n) is 3.67. The number of anilines is 3. The molecule has 3 rings (SSSR count). The lowest BCUT2D eigenvalue weighted by molar-refractivity contribution is -0.116. The molecule has 0 spiro atoms. The predicted molar refractivity (Wildman–Crippen MR) is 87.0 cm³/mol. The largest absolute Gasteiger partial charge is 0.326 e. The minimum absolute atomic E-state index is 0.137. The lowest BCUT2D eigenvalue weighted by Crippen LogP contribution is -2.41. The van der Waals surface area contributed by atoms with Crippen LogP contribution in [-0.2, 0) is 4.79 Å². The average Bonchev–Trinajstić information content (AvgIpc) is 2.63. The van der Waals surface area contributed by atoms with Crippen LogP contribution in [0.3, 0.4) is 0 Å². The summed E-state index contributed by atoms with van der Waals surface area (Å²) in [6.07, 6.45) is 0.200. The van der Waals surface area contributed by atoms with Crippen molar-refractivity contribution in [3.05, 3.63) is 54.3 Å². The first-order valence-corrected chi connectivity index (χ1v) is 7.29. The van der Waals surface area contributed by atoms with Gasteiger partial charge in [-0.05, 0) is 43.3 Å². The normalized spacial score (nSPS) is 17.0. The number of nitrogens with zero attached hydrogens (tertiary/aromatic N) is 1. The Bertz CT molecular complexity index is 746. The zero-order valence-electron chi connectivity index (χ0n) is 12.5. The topological polar surface area (TPSA) is 61.4 Å². The smallest absolute Gasteiger partial charge is 0.324 e. The zero-order valence-corrected chi connectivity index (χ0v) is 12.5.